The molecular weight excluding hydrogens is 566 g/mol. The molecule has 230 valence electrons. The number of aromatic nitrogens is 2. The number of hydrogen-bond acceptors (Lipinski definition) is 6. The lowest BCUT2D eigenvalue weighted by Crippen LogP contribution is -2.44. The zero-order valence-electron chi connectivity index (χ0n) is 26.1. The highest BCUT2D eigenvalue weighted by Crippen LogP contribution is 2.21. The second-order valence-electron chi connectivity index (χ2n) is 11.4. The molecule has 0 bridgehead atoms. The average molecular weight is 606 g/mol. The predicted molar refractivity (Wildman–Crippen MR) is 176 cm³/mol. The summed E-state index contributed by atoms with van der Waals surface area (Å²) < 4.78 is 33.2. The van der Waals surface area contributed by atoms with Crippen LogP contribution >= 0.6 is 0 Å². The Balaban J connectivity index is 1.31. The molecule has 1 fully saturated rings. The van der Waals surface area contributed by atoms with Crippen molar-refractivity contribution in [3.05, 3.63) is 108 Å². The highest BCUT2D eigenvalue weighted by Gasteiger charge is 2.25. The molecule has 45 heavy (non-hydrogen) atoms. The molecular formula is C35H40B2N2O6+2. The monoisotopic (exact) mass is 606 g/mol. The molecule has 0 radical (unpaired) electrons. The van der Waals surface area contributed by atoms with Crippen molar-refractivity contribution in [2.24, 2.45) is 0 Å². The van der Waals surface area contributed by atoms with Gasteiger partial charge in [0.1, 0.15) is 0 Å². The third kappa shape index (κ3) is 7.44. The Morgan fingerprint density at radius 2 is 1.51 bits per heavy atom. The number of fused-ring (bicyclic) bond motifs is 3. The zero-order chi connectivity index (χ0) is 31.0. The van der Waals surface area contributed by atoms with Crippen LogP contribution in [0.15, 0.2) is 91.3 Å². The van der Waals surface area contributed by atoms with Crippen molar-refractivity contribution in [3.63, 3.8) is 0 Å². The van der Waals surface area contributed by atoms with Gasteiger partial charge in [0.25, 0.3) is 0 Å². The minimum atomic E-state index is -0.388. The SMILES string of the molecule is COB(OC)c1cccc(C[n+]2cccc3c4ccc[n+](Cc5cc(COCCCO)cc(B6COCCO6)c5)c4ccc32)c1. The molecule has 1 saturated heterocycles. The molecule has 3 aromatic carbocycles. The maximum atomic E-state index is 9.14. The predicted octanol–water partition coefficient (Wildman–Crippen LogP) is 2.34. The minimum Gasteiger partial charge on any atom is -0.427 e. The lowest BCUT2D eigenvalue weighted by atomic mass is 9.61. The number of aliphatic hydroxyl groups is 1. The molecule has 0 amide bonds. The van der Waals surface area contributed by atoms with Crippen LogP contribution in [0.1, 0.15) is 23.1 Å². The molecule has 5 aromatic rings. The molecule has 1 aliphatic rings. The van der Waals surface area contributed by atoms with E-state index in [1.54, 1.807) is 14.2 Å². The Labute approximate surface area is 265 Å². The normalized spacial score (nSPS) is 13.5. The van der Waals surface area contributed by atoms with Crippen LogP contribution in [0, 0.1) is 0 Å². The van der Waals surface area contributed by atoms with Crippen molar-refractivity contribution in [1.82, 2.24) is 0 Å². The Hall–Kier alpha value is -3.63. The van der Waals surface area contributed by atoms with Crippen molar-refractivity contribution < 1.29 is 37.7 Å². The van der Waals surface area contributed by atoms with E-state index in [1.165, 1.54) is 27.4 Å². The topological polar surface area (TPSA) is 74.1 Å². The van der Waals surface area contributed by atoms with E-state index in [-0.39, 0.29) is 20.6 Å². The van der Waals surface area contributed by atoms with Crippen LogP contribution in [0.5, 0.6) is 0 Å². The van der Waals surface area contributed by atoms with Crippen LogP contribution in [0.3, 0.4) is 0 Å². The van der Waals surface area contributed by atoms with Crippen molar-refractivity contribution in [3.8, 4) is 0 Å². The molecule has 8 nitrogen and oxygen atoms in total. The number of hydrogen-bond donors (Lipinski definition) is 1. The van der Waals surface area contributed by atoms with Gasteiger partial charge in [0.15, 0.2) is 25.5 Å². The number of ether oxygens (including phenoxy) is 2. The first-order valence-electron chi connectivity index (χ1n) is 15.6. The first-order valence-corrected chi connectivity index (χ1v) is 15.6. The summed E-state index contributed by atoms with van der Waals surface area (Å²) in [4.78, 5) is 0. The van der Waals surface area contributed by atoms with Gasteiger partial charge >= 0.3 is 14.0 Å². The summed E-state index contributed by atoms with van der Waals surface area (Å²) in [6.45, 7) is 4.24. The summed E-state index contributed by atoms with van der Waals surface area (Å²) >= 11 is 0. The summed E-state index contributed by atoms with van der Waals surface area (Å²) in [5, 5.41) is 11.5. The van der Waals surface area contributed by atoms with Gasteiger partial charge in [0.2, 0.25) is 11.0 Å². The van der Waals surface area contributed by atoms with Crippen LogP contribution in [-0.4, -0.2) is 66.3 Å². The summed E-state index contributed by atoms with van der Waals surface area (Å²) in [6.07, 6.45) is 4.90. The van der Waals surface area contributed by atoms with Gasteiger partial charge in [-0.1, -0.05) is 36.4 Å². The van der Waals surface area contributed by atoms with E-state index in [9.17, 15) is 0 Å². The highest BCUT2D eigenvalue weighted by molar-refractivity contribution is 6.67. The van der Waals surface area contributed by atoms with Gasteiger partial charge in [-0.15, -0.1) is 0 Å². The molecule has 3 heterocycles. The maximum absolute atomic E-state index is 9.14. The molecule has 1 aliphatic heterocycles. The fraction of sp³-hybridized carbons (Fsp3) is 0.314. The fourth-order valence-corrected chi connectivity index (χ4v) is 6.18. The lowest BCUT2D eigenvalue weighted by Gasteiger charge is -2.21. The lowest BCUT2D eigenvalue weighted by molar-refractivity contribution is -0.664. The van der Waals surface area contributed by atoms with E-state index in [2.05, 4.69) is 94.3 Å². The molecule has 1 N–H and O–H groups in total. The summed E-state index contributed by atoms with van der Waals surface area (Å²) in [6, 6.07) is 28.0. The van der Waals surface area contributed by atoms with Gasteiger partial charge in [-0.05, 0) is 41.1 Å². The summed E-state index contributed by atoms with van der Waals surface area (Å²) in [5.74, 6) is 0. The van der Waals surface area contributed by atoms with E-state index in [0.29, 0.717) is 45.9 Å². The van der Waals surface area contributed by atoms with Gasteiger partial charge < -0.3 is 28.5 Å². The van der Waals surface area contributed by atoms with Crippen LogP contribution in [0.2, 0.25) is 0 Å². The van der Waals surface area contributed by atoms with E-state index in [0.717, 1.165) is 28.6 Å². The molecule has 10 heteroatoms. The first kappa shape index (κ1) is 31.4. The Kier molecular flexibility index (Phi) is 10.5. The maximum Gasteiger partial charge on any atom is 0.493 e. The molecule has 2 aromatic heterocycles. The number of benzene rings is 3. The quantitative estimate of drug-likeness (QED) is 0.0961. The second kappa shape index (κ2) is 15.1. The van der Waals surface area contributed by atoms with Crippen molar-refractivity contribution in [2.45, 2.75) is 26.1 Å². The largest absolute Gasteiger partial charge is 0.493 e. The van der Waals surface area contributed by atoms with Crippen molar-refractivity contribution in [1.29, 1.82) is 0 Å². The average Bonchev–Trinajstić information content (AvgIpc) is 3.08. The zero-order valence-corrected chi connectivity index (χ0v) is 26.1. The van der Waals surface area contributed by atoms with Gasteiger partial charge in [-0.25, -0.2) is 0 Å². The smallest absolute Gasteiger partial charge is 0.427 e. The molecule has 0 spiro atoms. The van der Waals surface area contributed by atoms with Gasteiger partial charge in [-0.2, -0.15) is 9.13 Å². The Bertz CT molecular complexity index is 1740. The van der Waals surface area contributed by atoms with Gasteiger partial charge in [0, 0.05) is 62.8 Å². The fourth-order valence-electron chi connectivity index (χ4n) is 6.18. The van der Waals surface area contributed by atoms with Crippen molar-refractivity contribution >= 4 is 46.8 Å². The minimum absolute atomic E-state index is 0.0950. The third-order valence-corrected chi connectivity index (χ3v) is 8.25. The van der Waals surface area contributed by atoms with Crippen LogP contribution in [0.25, 0.3) is 21.8 Å². The highest BCUT2D eigenvalue weighted by atomic mass is 16.6. The standard InChI is InChI=1S/C35H40B2N2O6/c1-41-37(42-2)30-8-3-7-27(20-30)23-38-13-4-9-32-33-10-5-14-39(35(33)12-11-34(32)38)24-28-19-29(25-43-16-6-15-40)22-31(21-28)36-26-44-17-18-45-36/h3-5,7-14,19-22,40H,6,15-18,23-26H2,1-2H3/q+2. The third-order valence-electron chi connectivity index (χ3n) is 8.25. The van der Waals surface area contributed by atoms with Crippen LogP contribution in [-0.2, 0) is 43.1 Å². The molecule has 6 rings (SSSR count). The van der Waals surface area contributed by atoms with Crippen LogP contribution in [0.4, 0.5) is 0 Å². The molecule has 0 atom stereocenters. The number of pyridine rings is 2. The Morgan fingerprint density at radius 3 is 2.18 bits per heavy atom. The molecule has 0 aliphatic carbocycles. The Morgan fingerprint density at radius 1 is 0.800 bits per heavy atom. The molecule has 0 unspecified atom stereocenters. The number of rotatable bonds is 13. The summed E-state index contributed by atoms with van der Waals surface area (Å²) in [7, 11) is 2.92. The number of nitrogens with zero attached hydrogens (tertiary/aromatic N) is 2. The van der Waals surface area contributed by atoms with Gasteiger partial charge in [-0.3, -0.25) is 0 Å². The van der Waals surface area contributed by atoms with E-state index < -0.39 is 0 Å². The first-order chi connectivity index (χ1) is 22.2. The van der Waals surface area contributed by atoms with Crippen LogP contribution < -0.4 is 20.1 Å². The summed E-state index contributed by atoms with van der Waals surface area (Å²) in [5.41, 5.74) is 7.87. The number of aliphatic hydroxyl groups excluding tert-OH is 1. The van der Waals surface area contributed by atoms with Crippen molar-refractivity contribution in [2.75, 3.05) is 47.2 Å². The van der Waals surface area contributed by atoms with E-state index >= 15 is 0 Å². The molecule has 0 saturated carbocycles. The van der Waals surface area contributed by atoms with Gasteiger partial charge in [0.05, 0.1) is 37.1 Å². The second-order valence-corrected chi connectivity index (χ2v) is 11.4. The van der Waals surface area contributed by atoms with E-state index in [1.807, 2.05) is 6.07 Å². The van der Waals surface area contributed by atoms with E-state index in [4.69, 9.17) is 28.5 Å².